The fraction of sp³-hybridized carbons (Fsp3) is 0.150. The molecule has 0 heterocycles. The zero-order valence-electron chi connectivity index (χ0n) is 15.7. The van der Waals surface area contributed by atoms with Crippen molar-refractivity contribution in [1.29, 1.82) is 5.41 Å². The second-order valence-electron chi connectivity index (χ2n) is 5.89. The Balaban J connectivity index is 2.12. The van der Waals surface area contributed by atoms with E-state index < -0.39 is 30.0 Å². The molecule has 0 atom stereocenters. The Labute approximate surface area is 165 Å². The second kappa shape index (κ2) is 9.45. The number of ketones is 1. The Morgan fingerprint density at radius 1 is 1.14 bits per heavy atom. The molecule has 2 aromatic carbocycles. The molecule has 0 radical (unpaired) electrons. The van der Waals surface area contributed by atoms with Gasteiger partial charge in [-0.15, -0.1) is 0 Å². The maximum atomic E-state index is 14.0. The molecule has 0 aromatic heterocycles. The van der Waals surface area contributed by atoms with E-state index in [4.69, 9.17) is 20.6 Å². The zero-order valence-corrected chi connectivity index (χ0v) is 15.7. The van der Waals surface area contributed by atoms with E-state index in [0.717, 1.165) is 6.07 Å². The quantitative estimate of drug-likeness (QED) is 0.270. The minimum atomic E-state index is -1.04. The minimum absolute atomic E-state index is 0.211. The van der Waals surface area contributed by atoms with Crippen molar-refractivity contribution in [3.05, 3.63) is 71.1 Å². The van der Waals surface area contributed by atoms with Gasteiger partial charge in [-0.2, -0.15) is 0 Å². The number of esters is 1. The van der Waals surface area contributed by atoms with E-state index in [1.165, 1.54) is 50.4 Å². The van der Waals surface area contributed by atoms with Crippen LogP contribution in [0.4, 0.5) is 14.5 Å². The predicted molar refractivity (Wildman–Crippen MR) is 103 cm³/mol. The van der Waals surface area contributed by atoms with Crippen molar-refractivity contribution < 1.29 is 27.8 Å². The number of nitrogens with two attached hydrogens (primary N) is 1. The molecule has 0 saturated carbocycles. The summed E-state index contributed by atoms with van der Waals surface area (Å²) in [5.41, 5.74) is 5.42. The Morgan fingerprint density at radius 2 is 1.79 bits per heavy atom. The summed E-state index contributed by atoms with van der Waals surface area (Å²) < 4.78 is 36.7. The number of hydrogen-bond acceptors (Lipinski definition) is 7. The molecule has 2 aromatic rings. The smallest absolute Gasteiger partial charge is 0.344 e. The first kappa shape index (κ1) is 21.5. The van der Waals surface area contributed by atoms with Gasteiger partial charge in [0.05, 0.1) is 12.7 Å². The Hall–Kier alpha value is -3.75. The fourth-order valence-electron chi connectivity index (χ4n) is 2.35. The molecule has 9 heteroatoms. The number of ether oxygens (including phenoxy) is 2. The number of anilines is 1. The van der Waals surface area contributed by atoms with Crippen LogP contribution in [0.3, 0.4) is 0 Å². The lowest BCUT2D eigenvalue weighted by molar-refractivity contribution is -0.137. The monoisotopic (exact) mass is 403 g/mol. The van der Waals surface area contributed by atoms with Crippen LogP contribution in [0.5, 0.6) is 5.75 Å². The number of carbonyl (C=O) groups is 2. The van der Waals surface area contributed by atoms with Gasteiger partial charge in [-0.3, -0.25) is 4.79 Å². The maximum absolute atomic E-state index is 14.0. The molecule has 4 N–H and O–H groups in total. The van der Waals surface area contributed by atoms with Crippen molar-refractivity contribution in [2.24, 2.45) is 5.73 Å². The van der Waals surface area contributed by atoms with Crippen LogP contribution in [-0.4, -0.2) is 31.2 Å². The van der Waals surface area contributed by atoms with E-state index in [1.54, 1.807) is 0 Å². The van der Waals surface area contributed by atoms with Gasteiger partial charge < -0.3 is 25.9 Å². The van der Waals surface area contributed by atoms with Crippen LogP contribution in [0.15, 0.2) is 53.9 Å². The molecular weight excluding hydrogens is 384 g/mol. The summed E-state index contributed by atoms with van der Waals surface area (Å²) in [5.74, 6) is -3.05. The standard InChI is InChI=1S/C20H19F2N3O4/c1-11(23)18(19(24)25-13-5-3-12(21)4-6-13)20(27)29-10-17(26)15-8-7-14(28-2)9-16(15)22/h3-9,23,25H,10,24H2,1-2H3/b19-18+,23-11?. The van der Waals surface area contributed by atoms with Crippen molar-refractivity contribution in [3.63, 3.8) is 0 Å². The highest BCUT2D eigenvalue weighted by Crippen LogP contribution is 2.17. The van der Waals surface area contributed by atoms with Crippen LogP contribution in [-0.2, 0) is 9.53 Å². The van der Waals surface area contributed by atoms with Gasteiger partial charge in [0.25, 0.3) is 0 Å². The van der Waals surface area contributed by atoms with E-state index in [9.17, 15) is 18.4 Å². The van der Waals surface area contributed by atoms with Gasteiger partial charge in [-0.05, 0) is 43.3 Å². The van der Waals surface area contributed by atoms with Crippen LogP contribution < -0.4 is 15.8 Å². The molecule has 0 amide bonds. The van der Waals surface area contributed by atoms with Crippen molar-refractivity contribution in [1.82, 2.24) is 0 Å². The highest BCUT2D eigenvalue weighted by Gasteiger charge is 2.21. The van der Waals surface area contributed by atoms with Crippen LogP contribution in [0.2, 0.25) is 0 Å². The van der Waals surface area contributed by atoms with Crippen LogP contribution in [0.1, 0.15) is 17.3 Å². The number of hydrogen-bond donors (Lipinski definition) is 3. The minimum Gasteiger partial charge on any atom is -0.497 e. The molecule has 0 bridgehead atoms. The van der Waals surface area contributed by atoms with Gasteiger partial charge in [0.15, 0.2) is 6.61 Å². The van der Waals surface area contributed by atoms with E-state index in [-0.39, 0.29) is 28.4 Å². The lowest BCUT2D eigenvalue weighted by Crippen LogP contribution is -2.25. The van der Waals surface area contributed by atoms with Crippen LogP contribution >= 0.6 is 0 Å². The molecular formula is C20H19F2N3O4. The Kier molecular flexibility index (Phi) is 7.02. The van der Waals surface area contributed by atoms with Crippen molar-refractivity contribution in [2.45, 2.75) is 6.92 Å². The van der Waals surface area contributed by atoms with Gasteiger partial charge in [0, 0.05) is 17.5 Å². The van der Waals surface area contributed by atoms with Crippen molar-refractivity contribution >= 4 is 23.2 Å². The van der Waals surface area contributed by atoms with Crippen molar-refractivity contribution in [3.8, 4) is 5.75 Å². The molecule has 0 fully saturated rings. The predicted octanol–water partition coefficient (Wildman–Crippen LogP) is 3.02. The van der Waals surface area contributed by atoms with E-state index in [2.05, 4.69) is 5.32 Å². The van der Waals surface area contributed by atoms with Crippen LogP contribution in [0, 0.1) is 17.0 Å². The van der Waals surface area contributed by atoms with Gasteiger partial charge in [-0.1, -0.05) is 0 Å². The average Bonchev–Trinajstić information content (AvgIpc) is 2.67. The lowest BCUT2D eigenvalue weighted by Gasteiger charge is -2.13. The normalized spacial score (nSPS) is 11.3. The van der Waals surface area contributed by atoms with E-state index in [0.29, 0.717) is 5.69 Å². The molecule has 152 valence electrons. The Morgan fingerprint density at radius 3 is 2.34 bits per heavy atom. The average molecular weight is 403 g/mol. The topological polar surface area (TPSA) is 114 Å². The second-order valence-corrected chi connectivity index (χ2v) is 5.89. The highest BCUT2D eigenvalue weighted by molar-refractivity contribution is 6.18. The molecule has 2 rings (SSSR count). The molecule has 0 aliphatic carbocycles. The zero-order chi connectivity index (χ0) is 21.6. The molecule has 7 nitrogen and oxygen atoms in total. The van der Waals surface area contributed by atoms with Crippen LogP contribution in [0.25, 0.3) is 0 Å². The summed E-state index contributed by atoms with van der Waals surface area (Å²) in [6.45, 7) is 0.559. The molecule has 0 saturated heterocycles. The van der Waals surface area contributed by atoms with E-state index in [1.807, 2.05) is 0 Å². The number of carbonyl (C=O) groups excluding carboxylic acids is 2. The summed E-state index contributed by atoms with van der Waals surface area (Å²) in [7, 11) is 1.36. The van der Waals surface area contributed by atoms with Gasteiger partial charge >= 0.3 is 5.97 Å². The van der Waals surface area contributed by atoms with E-state index >= 15 is 0 Å². The number of Topliss-reactive ketones (excluding diaryl/α,β-unsaturated/α-hetero) is 1. The number of nitrogens with one attached hydrogen (secondary N) is 2. The summed E-state index contributed by atoms with van der Waals surface area (Å²) in [5, 5.41) is 10.4. The molecule has 0 aliphatic heterocycles. The third-order valence-electron chi connectivity index (χ3n) is 3.78. The molecule has 0 unspecified atom stereocenters. The summed E-state index contributed by atoms with van der Waals surface area (Å²) >= 11 is 0. The largest absolute Gasteiger partial charge is 0.497 e. The third kappa shape index (κ3) is 5.61. The lowest BCUT2D eigenvalue weighted by atomic mass is 10.1. The summed E-state index contributed by atoms with van der Waals surface area (Å²) in [4.78, 5) is 24.5. The maximum Gasteiger partial charge on any atom is 0.344 e. The fourth-order valence-corrected chi connectivity index (χ4v) is 2.35. The van der Waals surface area contributed by atoms with Gasteiger partial charge in [0.2, 0.25) is 5.78 Å². The number of rotatable bonds is 8. The van der Waals surface area contributed by atoms with Gasteiger partial charge in [0.1, 0.15) is 28.8 Å². The summed E-state index contributed by atoms with van der Waals surface area (Å²) in [6.07, 6.45) is 0. The van der Waals surface area contributed by atoms with Crippen molar-refractivity contribution in [2.75, 3.05) is 19.0 Å². The first-order chi connectivity index (χ1) is 13.7. The molecule has 0 aliphatic rings. The highest BCUT2D eigenvalue weighted by atomic mass is 19.1. The first-order valence-corrected chi connectivity index (χ1v) is 8.34. The SMILES string of the molecule is COc1ccc(C(=O)COC(=O)/C(C(C)=N)=C(\N)Nc2ccc(F)cc2)c(F)c1. The Bertz CT molecular complexity index is 972. The molecule has 29 heavy (non-hydrogen) atoms. The molecule has 0 spiro atoms. The third-order valence-corrected chi connectivity index (χ3v) is 3.78. The summed E-state index contributed by atoms with van der Waals surface area (Å²) in [6, 6.07) is 8.80. The number of methoxy groups -OCH3 is 1. The number of benzene rings is 2. The first-order valence-electron chi connectivity index (χ1n) is 8.34. The van der Waals surface area contributed by atoms with Gasteiger partial charge in [-0.25, -0.2) is 13.6 Å². The number of halogens is 2.